The van der Waals surface area contributed by atoms with Gasteiger partial charge in [0, 0.05) is 25.4 Å². The Kier molecular flexibility index (Phi) is 4.03. The molecule has 112 valence electrons. The van der Waals surface area contributed by atoms with Crippen molar-refractivity contribution in [2.24, 2.45) is 0 Å². The molecular weight excluding hydrogens is 292 g/mol. The zero-order valence-corrected chi connectivity index (χ0v) is 12.5. The molecule has 1 atom stereocenters. The van der Waals surface area contributed by atoms with Gasteiger partial charge in [0.15, 0.2) is 11.5 Å². The van der Waals surface area contributed by atoms with Gasteiger partial charge in [-0.05, 0) is 24.1 Å². The Bertz CT molecular complexity index is 642. The van der Waals surface area contributed by atoms with E-state index in [2.05, 4.69) is 16.5 Å². The molecule has 0 radical (unpaired) electrons. The lowest BCUT2D eigenvalue weighted by molar-refractivity contribution is 0.170. The first-order valence-corrected chi connectivity index (χ1v) is 7.34. The molecule has 1 aromatic heterocycles. The summed E-state index contributed by atoms with van der Waals surface area (Å²) in [6.07, 6.45) is 4.45. The summed E-state index contributed by atoms with van der Waals surface area (Å²) in [4.78, 5) is 4.31. The van der Waals surface area contributed by atoms with Crippen molar-refractivity contribution < 1.29 is 14.6 Å². The Hall–Kier alpha value is -1.72. The summed E-state index contributed by atoms with van der Waals surface area (Å²) in [6.45, 7) is 3.16. The maximum Gasteiger partial charge on any atom is 0.231 e. The van der Waals surface area contributed by atoms with Crippen LogP contribution in [0.5, 0.6) is 11.5 Å². The van der Waals surface area contributed by atoms with Crippen molar-refractivity contribution in [3.8, 4) is 11.5 Å². The molecule has 0 spiro atoms. The molecule has 2 aromatic rings. The van der Waals surface area contributed by atoms with Gasteiger partial charge < -0.3 is 19.1 Å². The normalized spacial score (nSPS) is 14.4. The molecule has 5 nitrogen and oxygen atoms in total. The van der Waals surface area contributed by atoms with Crippen LogP contribution in [0.1, 0.15) is 30.8 Å². The third-order valence-corrected chi connectivity index (χ3v) is 3.76. The summed E-state index contributed by atoms with van der Waals surface area (Å²) in [5.41, 5.74) is 0.704. The Balaban J connectivity index is 1.81. The van der Waals surface area contributed by atoms with Crippen molar-refractivity contribution in [1.29, 1.82) is 0 Å². The third kappa shape index (κ3) is 2.84. The largest absolute Gasteiger partial charge is 0.454 e. The average Bonchev–Trinajstić information content (AvgIpc) is 3.09. The van der Waals surface area contributed by atoms with E-state index >= 15 is 0 Å². The lowest BCUT2D eigenvalue weighted by Crippen LogP contribution is -2.09. The van der Waals surface area contributed by atoms with Crippen LogP contribution in [-0.2, 0) is 13.0 Å². The Morgan fingerprint density at radius 2 is 2.29 bits per heavy atom. The third-order valence-electron chi connectivity index (χ3n) is 3.48. The SMILES string of the molecule is CCCn1ccnc1CC(O)c1cc(Cl)c2c(c1)OCO2. The number of aliphatic hydroxyl groups excluding tert-OH is 1. The van der Waals surface area contributed by atoms with Crippen LogP contribution < -0.4 is 9.47 Å². The first kappa shape index (κ1) is 14.2. The van der Waals surface area contributed by atoms with Crippen molar-refractivity contribution in [3.63, 3.8) is 0 Å². The van der Waals surface area contributed by atoms with Crippen molar-refractivity contribution in [2.75, 3.05) is 6.79 Å². The van der Waals surface area contributed by atoms with Crippen LogP contribution >= 0.6 is 11.6 Å². The van der Waals surface area contributed by atoms with Crippen molar-refractivity contribution in [1.82, 2.24) is 9.55 Å². The van der Waals surface area contributed by atoms with Crippen molar-refractivity contribution >= 4 is 11.6 Å². The molecule has 1 N–H and O–H groups in total. The van der Waals surface area contributed by atoms with Crippen molar-refractivity contribution in [2.45, 2.75) is 32.4 Å². The highest BCUT2D eigenvalue weighted by Gasteiger charge is 2.21. The Morgan fingerprint density at radius 3 is 3.10 bits per heavy atom. The van der Waals surface area contributed by atoms with E-state index in [1.807, 2.05) is 6.20 Å². The fraction of sp³-hybridized carbons (Fsp3) is 0.400. The monoisotopic (exact) mass is 308 g/mol. The minimum absolute atomic E-state index is 0.162. The number of ether oxygens (including phenoxy) is 2. The molecule has 1 aromatic carbocycles. The molecule has 1 aliphatic rings. The van der Waals surface area contributed by atoms with E-state index in [0.29, 0.717) is 28.5 Å². The van der Waals surface area contributed by atoms with Crippen LogP contribution in [0.4, 0.5) is 0 Å². The second-order valence-corrected chi connectivity index (χ2v) is 5.40. The molecule has 0 amide bonds. The standard InChI is InChI=1S/C15H17ClN2O3/c1-2-4-18-5-3-17-14(18)8-12(19)10-6-11(16)15-13(7-10)20-9-21-15/h3,5-7,12,19H,2,4,8-9H2,1H3. The highest BCUT2D eigenvalue weighted by Crippen LogP contribution is 2.41. The average molecular weight is 309 g/mol. The molecule has 1 aliphatic heterocycles. The maximum absolute atomic E-state index is 10.4. The van der Waals surface area contributed by atoms with E-state index in [1.54, 1.807) is 18.3 Å². The first-order valence-electron chi connectivity index (χ1n) is 6.96. The summed E-state index contributed by atoms with van der Waals surface area (Å²) in [5.74, 6) is 1.98. The highest BCUT2D eigenvalue weighted by molar-refractivity contribution is 6.32. The van der Waals surface area contributed by atoms with Gasteiger partial charge in [0.05, 0.1) is 11.1 Å². The molecule has 2 heterocycles. The van der Waals surface area contributed by atoms with Gasteiger partial charge in [-0.15, -0.1) is 0 Å². The predicted molar refractivity (Wildman–Crippen MR) is 78.8 cm³/mol. The number of nitrogens with zero attached hydrogens (tertiary/aromatic N) is 2. The molecule has 0 aliphatic carbocycles. The molecule has 21 heavy (non-hydrogen) atoms. The molecule has 0 saturated carbocycles. The molecular formula is C15H17ClN2O3. The molecule has 0 bridgehead atoms. The van der Waals surface area contributed by atoms with E-state index in [1.165, 1.54) is 0 Å². The summed E-state index contributed by atoms with van der Waals surface area (Å²) in [7, 11) is 0. The van der Waals surface area contributed by atoms with Gasteiger partial charge in [-0.1, -0.05) is 18.5 Å². The second-order valence-electron chi connectivity index (χ2n) is 4.99. The maximum atomic E-state index is 10.4. The quantitative estimate of drug-likeness (QED) is 0.922. The number of rotatable bonds is 5. The predicted octanol–water partition coefficient (Wildman–Crippen LogP) is 2.95. The van der Waals surface area contributed by atoms with Crippen LogP contribution in [-0.4, -0.2) is 21.5 Å². The van der Waals surface area contributed by atoms with Gasteiger partial charge in [0.25, 0.3) is 0 Å². The number of aliphatic hydroxyl groups is 1. The van der Waals surface area contributed by atoms with Gasteiger partial charge in [-0.3, -0.25) is 0 Å². The van der Waals surface area contributed by atoms with E-state index in [9.17, 15) is 5.11 Å². The lowest BCUT2D eigenvalue weighted by Gasteiger charge is -2.13. The fourth-order valence-corrected chi connectivity index (χ4v) is 2.72. The second kappa shape index (κ2) is 5.95. The zero-order chi connectivity index (χ0) is 14.8. The Morgan fingerprint density at radius 1 is 1.43 bits per heavy atom. The summed E-state index contributed by atoms with van der Waals surface area (Å²) in [5, 5.41) is 10.9. The topological polar surface area (TPSA) is 56.5 Å². The van der Waals surface area contributed by atoms with Crippen LogP contribution in [0, 0.1) is 0 Å². The van der Waals surface area contributed by atoms with Gasteiger partial charge >= 0.3 is 0 Å². The minimum atomic E-state index is -0.685. The van der Waals surface area contributed by atoms with E-state index in [0.717, 1.165) is 18.8 Å². The number of aromatic nitrogens is 2. The van der Waals surface area contributed by atoms with E-state index in [-0.39, 0.29) is 6.79 Å². The summed E-state index contributed by atoms with van der Waals surface area (Å²) < 4.78 is 12.7. The Labute approximate surface area is 128 Å². The van der Waals surface area contributed by atoms with E-state index in [4.69, 9.17) is 21.1 Å². The number of halogens is 1. The summed E-state index contributed by atoms with van der Waals surface area (Å²) in [6, 6.07) is 3.48. The summed E-state index contributed by atoms with van der Waals surface area (Å²) >= 11 is 6.14. The van der Waals surface area contributed by atoms with Crippen LogP contribution in [0.25, 0.3) is 0 Å². The van der Waals surface area contributed by atoms with Gasteiger partial charge in [0.1, 0.15) is 5.82 Å². The lowest BCUT2D eigenvalue weighted by atomic mass is 10.1. The molecule has 0 saturated heterocycles. The zero-order valence-electron chi connectivity index (χ0n) is 11.8. The van der Waals surface area contributed by atoms with Gasteiger partial charge in [0.2, 0.25) is 6.79 Å². The van der Waals surface area contributed by atoms with Gasteiger partial charge in [-0.25, -0.2) is 4.98 Å². The number of fused-ring (bicyclic) bond motifs is 1. The molecule has 1 unspecified atom stereocenters. The molecule has 3 rings (SSSR count). The molecule has 6 heteroatoms. The van der Waals surface area contributed by atoms with Crippen LogP contribution in [0.2, 0.25) is 5.02 Å². The molecule has 0 fully saturated rings. The highest BCUT2D eigenvalue weighted by atomic mass is 35.5. The van der Waals surface area contributed by atoms with Crippen LogP contribution in [0.3, 0.4) is 0 Å². The number of benzene rings is 1. The minimum Gasteiger partial charge on any atom is -0.454 e. The van der Waals surface area contributed by atoms with Crippen LogP contribution in [0.15, 0.2) is 24.5 Å². The number of hydrogen-bond donors (Lipinski definition) is 1. The van der Waals surface area contributed by atoms with Crippen molar-refractivity contribution in [3.05, 3.63) is 40.9 Å². The van der Waals surface area contributed by atoms with E-state index < -0.39 is 6.10 Å². The number of aryl methyl sites for hydroxylation is 1. The fourth-order valence-electron chi connectivity index (χ4n) is 2.44. The first-order chi connectivity index (χ1) is 10.2. The van der Waals surface area contributed by atoms with Gasteiger partial charge in [-0.2, -0.15) is 0 Å². The smallest absolute Gasteiger partial charge is 0.231 e. The number of imidazole rings is 1. The number of hydrogen-bond acceptors (Lipinski definition) is 4.